The summed E-state index contributed by atoms with van der Waals surface area (Å²) in [4.78, 5) is 27.4. The highest BCUT2D eigenvalue weighted by atomic mass is 35.5. The second-order valence-electron chi connectivity index (χ2n) is 8.75. The van der Waals surface area contributed by atoms with Crippen molar-refractivity contribution in [1.29, 1.82) is 0 Å². The second-order valence-corrected chi connectivity index (χ2v) is 9.16. The highest BCUT2D eigenvalue weighted by Crippen LogP contribution is 2.34. The number of benzene rings is 3. The number of aryl methyl sites for hydroxylation is 1. The number of rotatable bonds is 7. The molecule has 1 aliphatic rings. The SMILES string of the molecule is CCOC(=O)c1ccc(Oc2c(C)oc3c4c(ccc3c2=O)OCN(CCc2ccccc2Cl)C4)cc1. The molecular weight excluding hydrogens is 494 g/mol. The van der Waals surface area contributed by atoms with Gasteiger partial charge in [0.05, 0.1) is 23.1 Å². The number of halogens is 1. The Kier molecular flexibility index (Phi) is 7.17. The Labute approximate surface area is 219 Å². The summed E-state index contributed by atoms with van der Waals surface area (Å²) >= 11 is 6.31. The van der Waals surface area contributed by atoms with Gasteiger partial charge in [-0.15, -0.1) is 0 Å². The number of carbonyl (C=O) groups excluding carboxylic acids is 1. The first-order valence-electron chi connectivity index (χ1n) is 12.1. The standard InChI is InChI=1S/C29H26ClNO6/c1-3-34-29(33)20-8-10-21(11-9-20)37-27-18(2)36-28-22(26(27)32)12-13-25-23(28)16-31(17-35-25)15-14-19-6-4-5-7-24(19)30/h4-13H,3,14-17H2,1-2H3. The molecule has 8 heteroatoms. The van der Waals surface area contributed by atoms with E-state index in [0.717, 1.165) is 29.1 Å². The summed E-state index contributed by atoms with van der Waals surface area (Å²) in [6.45, 7) is 5.50. The molecule has 0 atom stereocenters. The van der Waals surface area contributed by atoms with Crippen LogP contribution >= 0.6 is 11.6 Å². The zero-order chi connectivity index (χ0) is 25.9. The monoisotopic (exact) mass is 519 g/mol. The molecule has 190 valence electrons. The summed E-state index contributed by atoms with van der Waals surface area (Å²) in [5.74, 6) is 1.16. The fraction of sp³-hybridized carbons (Fsp3) is 0.241. The third-order valence-electron chi connectivity index (χ3n) is 6.27. The first-order chi connectivity index (χ1) is 17.9. The van der Waals surface area contributed by atoms with Crippen LogP contribution in [0.1, 0.15) is 34.2 Å². The van der Waals surface area contributed by atoms with E-state index >= 15 is 0 Å². The second kappa shape index (κ2) is 10.7. The molecule has 0 N–H and O–H groups in total. The Morgan fingerprint density at radius 1 is 1.08 bits per heavy atom. The fourth-order valence-electron chi connectivity index (χ4n) is 4.33. The third-order valence-corrected chi connectivity index (χ3v) is 6.64. The molecule has 0 radical (unpaired) electrons. The minimum Gasteiger partial charge on any atom is -0.478 e. The highest BCUT2D eigenvalue weighted by molar-refractivity contribution is 6.31. The maximum atomic E-state index is 13.4. The molecule has 0 fully saturated rings. The van der Waals surface area contributed by atoms with Gasteiger partial charge in [-0.25, -0.2) is 4.79 Å². The van der Waals surface area contributed by atoms with E-state index in [4.69, 9.17) is 30.2 Å². The van der Waals surface area contributed by atoms with Gasteiger partial charge in [0.25, 0.3) is 0 Å². The average Bonchev–Trinajstić information content (AvgIpc) is 2.91. The summed E-state index contributed by atoms with van der Waals surface area (Å²) in [6, 6.07) is 17.7. The van der Waals surface area contributed by atoms with Gasteiger partial charge >= 0.3 is 5.97 Å². The van der Waals surface area contributed by atoms with E-state index < -0.39 is 5.97 Å². The molecule has 1 aromatic heterocycles. The Bertz CT molecular complexity index is 1510. The van der Waals surface area contributed by atoms with Gasteiger partial charge in [-0.3, -0.25) is 9.69 Å². The van der Waals surface area contributed by atoms with Crippen LogP contribution in [0.2, 0.25) is 5.02 Å². The quantitative estimate of drug-likeness (QED) is 0.272. The van der Waals surface area contributed by atoms with Gasteiger partial charge in [0, 0.05) is 18.1 Å². The lowest BCUT2D eigenvalue weighted by Crippen LogP contribution is -2.33. The summed E-state index contributed by atoms with van der Waals surface area (Å²) in [5.41, 5.74) is 2.53. The van der Waals surface area contributed by atoms with Crippen molar-refractivity contribution >= 4 is 28.5 Å². The Hall–Kier alpha value is -3.81. The molecule has 5 rings (SSSR count). The van der Waals surface area contributed by atoms with Crippen molar-refractivity contribution in [3.05, 3.63) is 98.4 Å². The van der Waals surface area contributed by atoms with Crippen molar-refractivity contribution in [1.82, 2.24) is 4.90 Å². The van der Waals surface area contributed by atoms with E-state index in [1.54, 1.807) is 50.2 Å². The average molecular weight is 520 g/mol. The van der Waals surface area contributed by atoms with Crippen LogP contribution in [0.25, 0.3) is 11.0 Å². The first kappa shape index (κ1) is 24.9. The topological polar surface area (TPSA) is 78.2 Å². The van der Waals surface area contributed by atoms with Gasteiger partial charge < -0.3 is 18.6 Å². The minimum atomic E-state index is -0.414. The molecule has 3 aromatic carbocycles. The fourth-order valence-corrected chi connectivity index (χ4v) is 4.56. The third kappa shape index (κ3) is 5.19. The lowest BCUT2D eigenvalue weighted by atomic mass is 10.1. The molecule has 0 aliphatic carbocycles. The van der Waals surface area contributed by atoms with E-state index in [2.05, 4.69) is 4.90 Å². The van der Waals surface area contributed by atoms with Gasteiger partial charge in [0.1, 0.15) is 29.6 Å². The Morgan fingerprint density at radius 2 is 1.86 bits per heavy atom. The normalized spacial score (nSPS) is 13.2. The van der Waals surface area contributed by atoms with Crippen LogP contribution in [0, 0.1) is 6.92 Å². The number of hydrogen-bond donors (Lipinski definition) is 0. The summed E-state index contributed by atoms with van der Waals surface area (Å²) in [6.07, 6.45) is 0.777. The number of ether oxygens (including phenoxy) is 3. The molecule has 0 unspecified atom stereocenters. The van der Waals surface area contributed by atoms with Crippen LogP contribution in [0.5, 0.6) is 17.2 Å². The molecule has 0 bridgehead atoms. The molecule has 0 amide bonds. The van der Waals surface area contributed by atoms with Crippen molar-refractivity contribution in [2.24, 2.45) is 0 Å². The van der Waals surface area contributed by atoms with Gasteiger partial charge in [-0.05, 0) is 68.3 Å². The van der Waals surface area contributed by atoms with Crippen LogP contribution < -0.4 is 14.9 Å². The molecule has 4 aromatic rings. The molecular formula is C29H26ClNO6. The van der Waals surface area contributed by atoms with E-state index in [9.17, 15) is 9.59 Å². The van der Waals surface area contributed by atoms with Crippen LogP contribution in [-0.4, -0.2) is 30.8 Å². The number of hydrogen-bond acceptors (Lipinski definition) is 7. The Morgan fingerprint density at radius 3 is 2.62 bits per heavy atom. The van der Waals surface area contributed by atoms with Crippen molar-refractivity contribution in [3.63, 3.8) is 0 Å². The number of nitrogens with zero attached hydrogens (tertiary/aromatic N) is 1. The van der Waals surface area contributed by atoms with E-state index in [-0.39, 0.29) is 11.2 Å². The molecule has 0 spiro atoms. The summed E-state index contributed by atoms with van der Waals surface area (Å²) < 4.78 is 23.0. The van der Waals surface area contributed by atoms with Crippen molar-refractivity contribution in [2.75, 3.05) is 19.9 Å². The molecule has 1 aliphatic heterocycles. The van der Waals surface area contributed by atoms with E-state index in [1.807, 2.05) is 24.3 Å². The first-order valence-corrected chi connectivity index (χ1v) is 12.4. The van der Waals surface area contributed by atoms with Crippen LogP contribution in [0.4, 0.5) is 0 Å². The van der Waals surface area contributed by atoms with Crippen molar-refractivity contribution in [3.8, 4) is 17.2 Å². The maximum Gasteiger partial charge on any atom is 0.338 e. The van der Waals surface area contributed by atoms with E-state index in [1.165, 1.54) is 0 Å². The van der Waals surface area contributed by atoms with Gasteiger partial charge in [-0.1, -0.05) is 29.8 Å². The van der Waals surface area contributed by atoms with Crippen molar-refractivity contribution in [2.45, 2.75) is 26.8 Å². The number of fused-ring (bicyclic) bond motifs is 3. The lowest BCUT2D eigenvalue weighted by Gasteiger charge is -2.29. The molecule has 0 saturated carbocycles. The van der Waals surface area contributed by atoms with Crippen LogP contribution in [0.3, 0.4) is 0 Å². The molecule has 7 nitrogen and oxygen atoms in total. The molecule has 2 heterocycles. The van der Waals surface area contributed by atoms with Gasteiger partial charge in [0.2, 0.25) is 11.2 Å². The lowest BCUT2D eigenvalue weighted by molar-refractivity contribution is 0.0526. The predicted octanol–water partition coefficient (Wildman–Crippen LogP) is 6.12. The van der Waals surface area contributed by atoms with Crippen molar-refractivity contribution < 1.29 is 23.4 Å². The zero-order valence-corrected chi connectivity index (χ0v) is 21.3. The number of carbonyl (C=O) groups is 1. The highest BCUT2D eigenvalue weighted by Gasteiger charge is 2.24. The smallest absolute Gasteiger partial charge is 0.338 e. The van der Waals surface area contributed by atoms with Gasteiger partial charge in [-0.2, -0.15) is 0 Å². The maximum absolute atomic E-state index is 13.4. The number of esters is 1. The zero-order valence-electron chi connectivity index (χ0n) is 20.6. The summed E-state index contributed by atoms with van der Waals surface area (Å²) in [7, 11) is 0. The van der Waals surface area contributed by atoms with Crippen LogP contribution in [0.15, 0.2) is 69.9 Å². The minimum absolute atomic E-state index is 0.101. The molecule has 0 saturated heterocycles. The van der Waals surface area contributed by atoms with E-state index in [0.29, 0.717) is 53.7 Å². The molecule has 37 heavy (non-hydrogen) atoms. The van der Waals surface area contributed by atoms with Crippen LogP contribution in [-0.2, 0) is 17.7 Å². The van der Waals surface area contributed by atoms with Gasteiger partial charge in [0.15, 0.2) is 0 Å². The summed E-state index contributed by atoms with van der Waals surface area (Å²) in [5, 5.41) is 1.16. The largest absolute Gasteiger partial charge is 0.478 e. The predicted molar refractivity (Wildman–Crippen MR) is 141 cm³/mol. The Balaban J connectivity index is 1.39.